The van der Waals surface area contributed by atoms with Crippen molar-refractivity contribution in [1.29, 1.82) is 0 Å². The standard InChI is InChI=1S/C24H35NO5/c1-5-6-7-11-14-19(16-21(26)30-24(2,3)4)22(27)25-20(17-29-23(25)28)15-18-12-9-8-10-13-18/h8-10,12-13,19-20H,5-7,11,14-17H2,1-4H3/t19-,20+/m1/s1. The second kappa shape index (κ2) is 11.1. The minimum Gasteiger partial charge on any atom is -0.460 e. The average Bonchev–Trinajstić information content (AvgIpc) is 3.03. The van der Waals surface area contributed by atoms with E-state index in [1.807, 2.05) is 30.3 Å². The first-order valence-corrected chi connectivity index (χ1v) is 11.0. The van der Waals surface area contributed by atoms with Gasteiger partial charge in [-0.3, -0.25) is 9.59 Å². The quantitative estimate of drug-likeness (QED) is 0.400. The molecule has 6 nitrogen and oxygen atoms in total. The molecule has 2 amide bonds. The summed E-state index contributed by atoms with van der Waals surface area (Å²) in [7, 11) is 0. The summed E-state index contributed by atoms with van der Waals surface area (Å²) in [5.41, 5.74) is 0.417. The summed E-state index contributed by atoms with van der Waals surface area (Å²) in [5.74, 6) is -1.33. The lowest BCUT2D eigenvalue weighted by Gasteiger charge is -2.26. The minimum atomic E-state index is -0.622. The maximum atomic E-state index is 13.3. The van der Waals surface area contributed by atoms with E-state index in [1.54, 1.807) is 20.8 Å². The van der Waals surface area contributed by atoms with Crippen molar-refractivity contribution < 1.29 is 23.9 Å². The second-order valence-electron chi connectivity index (χ2n) is 8.97. The third-order valence-corrected chi connectivity index (χ3v) is 5.10. The van der Waals surface area contributed by atoms with Gasteiger partial charge in [0.1, 0.15) is 12.2 Å². The topological polar surface area (TPSA) is 72.9 Å². The molecule has 1 aliphatic heterocycles. The fraction of sp³-hybridized carbons (Fsp3) is 0.625. The van der Waals surface area contributed by atoms with Gasteiger partial charge in [-0.15, -0.1) is 0 Å². The summed E-state index contributed by atoms with van der Waals surface area (Å²) in [5, 5.41) is 0. The molecule has 2 rings (SSSR count). The molecule has 0 N–H and O–H groups in total. The molecule has 2 atom stereocenters. The molecule has 1 fully saturated rings. The molecule has 166 valence electrons. The number of hydrogen-bond acceptors (Lipinski definition) is 5. The summed E-state index contributed by atoms with van der Waals surface area (Å²) >= 11 is 0. The van der Waals surface area contributed by atoms with Gasteiger partial charge in [0.05, 0.1) is 12.5 Å². The van der Waals surface area contributed by atoms with Crippen LogP contribution >= 0.6 is 0 Å². The van der Waals surface area contributed by atoms with Crippen LogP contribution in [0, 0.1) is 5.92 Å². The minimum absolute atomic E-state index is 0.0237. The van der Waals surface area contributed by atoms with Crippen LogP contribution in [0.1, 0.15) is 71.8 Å². The fourth-order valence-corrected chi connectivity index (χ4v) is 3.68. The van der Waals surface area contributed by atoms with E-state index in [9.17, 15) is 14.4 Å². The Morgan fingerprint density at radius 1 is 1.17 bits per heavy atom. The highest BCUT2D eigenvalue weighted by Crippen LogP contribution is 2.25. The molecule has 0 unspecified atom stereocenters. The van der Waals surface area contributed by atoms with Crippen LogP contribution in [0.4, 0.5) is 4.79 Å². The van der Waals surface area contributed by atoms with Crippen molar-refractivity contribution >= 4 is 18.0 Å². The number of hydrogen-bond donors (Lipinski definition) is 0. The van der Waals surface area contributed by atoms with Crippen LogP contribution in [-0.4, -0.2) is 41.1 Å². The number of amides is 2. The first-order chi connectivity index (χ1) is 14.2. The Hall–Kier alpha value is -2.37. The lowest BCUT2D eigenvalue weighted by Crippen LogP contribution is -2.44. The molecule has 0 radical (unpaired) electrons. The highest BCUT2D eigenvalue weighted by atomic mass is 16.6. The number of carbonyl (C=O) groups excluding carboxylic acids is 3. The van der Waals surface area contributed by atoms with E-state index in [1.165, 1.54) is 4.90 Å². The van der Waals surface area contributed by atoms with Crippen molar-refractivity contribution in [1.82, 2.24) is 4.90 Å². The maximum Gasteiger partial charge on any atom is 0.416 e. The Balaban J connectivity index is 2.11. The van der Waals surface area contributed by atoms with Crippen LogP contribution in [0.5, 0.6) is 0 Å². The van der Waals surface area contributed by atoms with Gasteiger partial charge in [0, 0.05) is 5.92 Å². The summed E-state index contributed by atoms with van der Waals surface area (Å²) in [6, 6.07) is 9.36. The van der Waals surface area contributed by atoms with Crippen LogP contribution in [0.2, 0.25) is 0 Å². The van der Waals surface area contributed by atoms with Gasteiger partial charge in [0.25, 0.3) is 0 Å². The first-order valence-electron chi connectivity index (χ1n) is 11.0. The predicted molar refractivity (Wildman–Crippen MR) is 115 cm³/mol. The molecule has 1 saturated heterocycles. The number of rotatable bonds is 10. The molecule has 30 heavy (non-hydrogen) atoms. The first kappa shape index (κ1) is 23.9. The average molecular weight is 418 g/mol. The maximum absolute atomic E-state index is 13.3. The summed E-state index contributed by atoms with van der Waals surface area (Å²) in [4.78, 5) is 39.4. The number of ether oxygens (including phenoxy) is 2. The van der Waals surface area contributed by atoms with Gasteiger partial charge in [0.2, 0.25) is 5.91 Å². The van der Waals surface area contributed by atoms with Gasteiger partial charge in [-0.05, 0) is 39.2 Å². The van der Waals surface area contributed by atoms with Crippen LogP contribution in [0.3, 0.4) is 0 Å². The molecule has 0 aliphatic carbocycles. The smallest absolute Gasteiger partial charge is 0.416 e. The zero-order valence-electron chi connectivity index (χ0n) is 18.7. The number of imide groups is 1. The molecule has 1 aromatic carbocycles. The molecule has 0 bridgehead atoms. The van der Waals surface area contributed by atoms with Crippen molar-refractivity contribution in [3.8, 4) is 0 Å². The molecule has 0 aromatic heterocycles. The number of nitrogens with zero attached hydrogens (tertiary/aromatic N) is 1. The number of esters is 1. The largest absolute Gasteiger partial charge is 0.460 e. The van der Waals surface area contributed by atoms with E-state index in [-0.39, 0.29) is 25.0 Å². The molecule has 6 heteroatoms. The summed E-state index contributed by atoms with van der Waals surface area (Å²) < 4.78 is 10.6. The van der Waals surface area contributed by atoms with Crippen LogP contribution in [0.25, 0.3) is 0 Å². The molecule has 1 heterocycles. The summed E-state index contributed by atoms with van der Waals surface area (Å²) in [6.07, 6.45) is 4.44. The monoisotopic (exact) mass is 417 g/mol. The number of carbonyl (C=O) groups is 3. The van der Waals surface area contributed by atoms with E-state index >= 15 is 0 Å². The molecule has 1 aromatic rings. The van der Waals surface area contributed by atoms with Gasteiger partial charge in [0.15, 0.2) is 0 Å². The highest BCUT2D eigenvalue weighted by Gasteiger charge is 2.41. The van der Waals surface area contributed by atoms with Gasteiger partial charge < -0.3 is 9.47 Å². The van der Waals surface area contributed by atoms with Crippen molar-refractivity contribution in [2.24, 2.45) is 5.92 Å². The zero-order valence-corrected chi connectivity index (χ0v) is 18.7. The van der Waals surface area contributed by atoms with E-state index in [0.29, 0.717) is 12.8 Å². The van der Waals surface area contributed by atoms with Crippen LogP contribution in [0.15, 0.2) is 30.3 Å². The number of unbranched alkanes of at least 4 members (excludes halogenated alkanes) is 3. The van der Waals surface area contributed by atoms with Gasteiger partial charge in [-0.25, -0.2) is 9.69 Å². The van der Waals surface area contributed by atoms with Crippen molar-refractivity contribution in [2.45, 2.75) is 84.3 Å². The second-order valence-corrected chi connectivity index (χ2v) is 8.97. The zero-order chi connectivity index (χ0) is 22.1. The third kappa shape index (κ3) is 7.47. The third-order valence-electron chi connectivity index (χ3n) is 5.10. The molecular weight excluding hydrogens is 382 g/mol. The SMILES string of the molecule is CCCCCC[C@H](CC(=O)OC(C)(C)C)C(=O)N1C(=O)OC[C@@H]1Cc1ccccc1. The highest BCUT2D eigenvalue weighted by molar-refractivity contribution is 5.96. The lowest BCUT2D eigenvalue weighted by molar-refractivity contribution is -0.158. The molecule has 0 saturated carbocycles. The number of cyclic esters (lactones) is 1. The van der Waals surface area contributed by atoms with Gasteiger partial charge >= 0.3 is 12.1 Å². The number of benzene rings is 1. The lowest BCUT2D eigenvalue weighted by atomic mass is 9.94. The Morgan fingerprint density at radius 2 is 1.87 bits per heavy atom. The van der Waals surface area contributed by atoms with E-state index < -0.39 is 23.6 Å². The fourth-order valence-electron chi connectivity index (χ4n) is 3.68. The Labute approximate surface area is 179 Å². The predicted octanol–water partition coefficient (Wildman–Crippen LogP) is 4.89. The van der Waals surface area contributed by atoms with Gasteiger partial charge in [-0.2, -0.15) is 0 Å². The van der Waals surface area contributed by atoms with Crippen LogP contribution in [-0.2, 0) is 25.5 Å². The van der Waals surface area contributed by atoms with E-state index in [0.717, 1.165) is 31.2 Å². The van der Waals surface area contributed by atoms with Gasteiger partial charge in [-0.1, -0.05) is 62.9 Å². The molecular formula is C24H35NO5. The Bertz CT molecular complexity index is 710. The van der Waals surface area contributed by atoms with E-state index in [2.05, 4.69) is 6.92 Å². The Kier molecular flexibility index (Phi) is 8.88. The molecule has 0 spiro atoms. The van der Waals surface area contributed by atoms with Crippen molar-refractivity contribution in [3.05, 3.63) is 35.9 Å². The van der Waals surface area contributed by atoms with E-state index in [4.69, 9.17) is 9.47 Å². The normalized spacial score (nSPS) is 17.5. The van der Waals surface area contributed by atoms with Crippen molar-refractivity contribution in [3.63, 3.8) is 0 Å². The van der Waals surface area contributed by atoms with Crippen molar-refractivity contribution in [2.75, 3.05) is 6.61 Å². The van der Waals surface area contributed by atoms with Crippen LogP contribution < -0.4 is 0 Å². The molecule has 1 aliphatic rings. The Morgan fingerprint density at radius 3 is 2.50 bits per heavy atom. The summed E-state index contributed by atoms with van der Waals surface area (Å²) in [6.45, 7) is 7.70.